The molecule has 0 saturated heterocycles. The van der Waals surface area contributed by atoms with Gasteiger partial charge in [0.05, 0.1) is 0 Å². The molecule has 0 radical (unpaired) electrons. The van der Waals surface area contributed by atoms with Gasteiger partial charge in [0.1, 0.15) is 17.9 Å². The first-order valence-corrected chi connectivity index (χ1v) is 3.68. The number of carboxylic acid groups (broad SMARTS) is 3. The molecule has 132 valence electrons. The van der Waals surface area contributed by atoms with Gasteiger partial charge in [-0.1, -0.05) is 0 Å². The monoisotopic (exact) mass is 398 g/mol. The van der Waals surface area contributed by atoms with Gasteiger partial charge in [0, 0.05) is 0 Å². The Hall–Kier alpha value is -1.71. The van der Waals surface area contributed by atoms with E-state index >= 15 is 0 Å². The molecule has 0 aliphatic rings. The summed E-state index contributed by atoms with van der Waals surface area (Å²) in [6.45, 7) is 0. The predicted octanol–water partition coefficient (Wildman–Crippen LogP) is -2.11. The summed E-state index contributed by atoms with van der Waals surface area (Å²) in [5.74, 6) is -9.02. The molecule has 16 heteroatoms. The molecular formula is C6CoF9O6. The molecule has 0 aliphatic heterocycles. The van der Waals surface area contributed by atoms with Crippen LogP contribution in [0.2, 0.25) is 0 Å². The SMILES string of the molecule is O=C([O-])C(F)(F)F.O=C([O-])C(F)(F)F.O=C([O-])C(F)(F)F.[Co+3]. The maximum atomic E-state index is 10.5. The van der Waals surface area contributed by atoms with Gasteiger partial charge in [0.15, 0.2) is 0 Å². The Morgan fingerprint density at radius 2 is 0.545 bits per heavy atom. The largest absolute Gasteiger partial charge is 3.00 e. The van der Waals surface area contributed by atoms with Crippen LogP contribution in [0.15, 0.2) is 0 Å². The molecular weight excluding hydrogens is 398 g/mol. The molecule has 0 aromatic carbocycles. The van der Waals surface area contributed by atoms with Crippen molar-refractivity contribution in [3.63, 3.8) is 0 Å². The van der Waals surface area contributed by atoms with E-state index in [0.29, 0.717) is 0 Å². The number of hydrogen-bond acceptors (Lipinski definition) is 6. The predicted molar refractivity (Wildman–Crippen MR) is 33.2 cm³/mol. The minimum Gasteiger partial charge on any atom is -0.542 e. The topological polar surface area (TPSA) is 120 Å². The maximum absolute atomic E-state index is 10.5. The first-order chi connectivity index (χ1) is 8.83. The van der Waals surface area contributed by atoms with Crippen LogP contribution in [-0.4, -0.2) is 36.4 Å². The third-order valence-electron chi connectivity index (χ3n) is 0.694. The van der Waals surface area contributed by atoms with E-state index in [-0.39, 0.29) is 16.8 Å². The first-order valence-electron chi connectivity index (χ1n) is 3.68. The van der Waals surface area contributed by atoms with E-state index in [1.54, 1.807) is 0 Å². The van der Waals surface area contributed by atoms with E-state index < -0.39 is 36.4 Å². The molecule has 0 aromatic heterocycles. The van der Waals surface area contributed by atoms with Crippen LogP contribution in [0.25, 0.3) is 0 Å². The minimum absolute atomic E-state index is 0. The Morgan fingerprint density at radius 1 is 0.500 bits per heavy atom. The van der Waals surface area contributed by atoms with Crippen molar-refractivity contribution in [3.8, 4) is 0 Å². The van der Waals surface area contributed by atoms with Crippen LogP contribution < -0.4 is 15.3 Å². The zero-order valence-electron chi connectivity index (χ0n) is 9.18. The Morgan fingerprint density at radius 3 is 0.545 bits per heavy atom. The molecule has 22 heavy (non-hydrogen) atoms. The quantitative estimate of drug-likeness (QED) is 0.431. The van der Waals surface area contributed by atoms with Crippen LogP contribution in [0.3, 0.4) is 0 Å². The van der Waals surface area contributed by atoms with Crippen molar-refractivity contribution in [3.05, 3.63) is 0 Å². The summed E-state index contributed by atoms with van der Waals surface area (Å²) in [6, 6.07) is 0. The van der Waals surface area contributed by atoms with Gasteiger partial charge in [0.2, 0.25) is 0 Å². The summed E-state index contributed by atoms with van der Waals surface area (Å²) in [6.07, 6.45) is -15.6. The fourth-order valence-corrected chi connectivity index (χ4v) is 0. The number of carboxylic acids is 3. The summed E-state index contributed by atoms with van der Waals surface area (Å²) in [5.41, 5.74) is 0. The second-order valence-corrected chi connectivity index (χ2v) is 2.36. The van der Waals surface area contributed by atoms with Crippen LogP contribution in [0.4, 0.5) is 39.5 Å². The van der Waals surface area contributed by atoms with E-state index in [4.69, 9.17) is 29.7 Å². The second kappa shape index (κ2) is 10.1. The molecule has 0 saturated carbocycles. The van der Waals surface area contributed by atoms with Gasteiger partial charge in [-0.3, -0.25) is 0 Å². The van der Waals surface area contributed by atoms with Gasteiger partial charge < -0.3 is 29.7 Å². The van der Waals surface area contributed by atoms with Gasteiger partial charge in [-0.05, 0) is 0 Å². The molecule has 0 rings (SSSR count). The fourth-order valence-electron chi connectivity index (χ4n) is 0. The first kappa shape index (κ1) is 28.4. The molecule has 0 unspecified atom stereocenters. The fraction of sp³-hybridized carbons (Fsp3) is 0.500. The molecule has 0 atom stereocenters. The van der Waals surface area contributed by atoms with Gasteiger partial charge >= 0.3 is 35.3 Å². The average molecular weight is 398 g/mol. The van der Waals surface area contributed by atoms with Crippen LogP contribution in [0, 0.1) is 0 Å². The Kier molecular flexibility index (Phi) is 13.0. The van der Waals surface area contributed by atoms with Crippen LogP contribution in [0.1, 0.15) is 0 Å². The zero-order chi connectivity index (χ0) is 18.2. The Labute approximate surface area is 123 Å². The molecule has 0 heterocycles. The smallest absolute Gasteiger partial charge is 0.542 e. The molecule has 0 aromatic rings. The van der Waals surface area contributed by atoms with Crippen molar-refractivity contribution in [2.75, 3.05) is 0 Å². The van der Waals surface area contributed by atoms with Crippen molar-refractivity contribution in [1.29, 1.82) is 0 Å². The summed E-state index contributed by atoms with van der Waals surface area (Å²) in [4.78, 5) is 26.4. The van der Waals surface area contributed by atoms with Gasteiger partial charge in [-0.25, -0.2) is 0 Å². The molecule has 0 spiro atoms. The molecule has 0 aliphatic carbocycles. The Bertz CT molecular complexity index is 313. The van der Waals surface area contributed by atoms with E-state index in [0.717, 1.165) is 0 Å². The normalized spacial score (nSPS) is 10.8. The number of aliphatic carboxylic acids is 3. The second-order valence-electron chi connectivity index (χ2n) is 2.36. The van der Waals surface area contributed by atoms with Crippen LogP contribution >= 0.6 is 0 Å². The molecule has 0 amide bonds. The van der Waals surface area contributed by atoms with Gasteiger partial charge in [-0.2, -0.15) is 39.5 Å². The van der Waals surface area contributed by atoms with Crippen molar-refractivity contribution in [2.45, 2.75) is 18.5 Å². The maximum Gasteiger partial charge on any atom is 3.00 e. The summed E-state index contributed by atoms with van der Waals surface area (Å²) < 4.78 is 94.6. The number of carbonyl (C=O) groups excluding carboxylic acids is 3. The van der Waals surface area contributed by atoms with E-state index in [9.17, 15) is 39.5 Å². The average Bonchev–Trinajstić information content (AvgIpc) is 2.14. The van der Waals surface area contributed by atoms with Crippen molar-refractivity contribution in [2.24, 2.45) is 0 Å². The third-order valence-corrected chi connectivity index (χ3v) is 0.694. The van der Waals surface area contributed by atoms with Crippen molar-refractivity contribution >= 4 is 17.9 Å². The van der Waals surface area contributed by atoms with Crippen molar-refractivity contribution in [1.82, 2.24) is 0 Å². The molecule has 6 nitrogen and oxygen atoms in total. The van der Waals surface area contributed by atoms with E-state index in [1.807, 2.05) is 0 Å². The summed E-state index contributed by atoms with van der Waals surface area (Å²) >= 11 is 0. The number of carbonyl (C=O) groups is 3. The number of halogens is 9. The molecule has 0 fully saturated rings. The van der Waals surface area contributed by atoms with Crippen LogP contribution in [0.5, 0.6) is 0 Å². The molecule has 0 bridgehead atoms. The standard InChI is InChI=1S/3C2HF3O2.Co/c3*3-2(4,5)1(6)7;/h3*(H,6,7);/q;;;+3/p-3. The minimum atomic E-state index is -5.19. The van der Waals surface area contributed by atoms with Gasteiger partial charge in [0.25, 0.3) is 0 Å². The number of hydrogen-bond donors (Lipinski definition) is 0. The Balaban J connectivity index is -0.000000108. The van der Waals surface area contributed by atoms with E-state index in [2.05, 4.69) is 0 Å². The summed E-state index contributed by atoms with van der Waals surface area (Å²) in [5, 5.41) is 26.4. The molecule has 0 N–H and O–H groups in total. The van der Waals surface area contributed by atoms with E-state index in [1.165, 1.54) is 0 Å². The number of rotatable bonds is 0. The van der Waals surface area contributed by atoms with Gasteiger partial charge in [-0.15, -0.1) is 0 Å². The third kappa shape index (κ3) is 20.6. The van der Waals surface area contributed by atoms with Crippen molar-refractivity contribution < 1.29 is 86.0 Å². The number of alkyl halides is 9. The summed E-state index contributed by atoms with van der Waals surface area (Å²) in [7, 11) is 0. The zero-order valence-corrected chi connectivity index (χ0v) is 10.2. The van der Waals surface area contributed by atoms with Crippen LogP contribution in [-0.2, 0) is 31.2 Å².